The van der Waals surface area contributed by atoms with Crippen LogP contribution in [-0.4, -0.2) is 33.1 Å². The van der Waals surface area contributed by atoms with Crippen LogP contribution in [0.1, 0.15) is 51.0 Å². The summed E-state index contributed by atoms with van der Waals surface area (Å²) in [6.45, 7) is 0.611. The minimum absolute atomic E-state index is 0.101. The van der Waals surface area contributed by atoms with Crippen molar-refractivity contribution in [2.45, 2.75) is 56.7 Å². The molecule has 1 saturated carbocycles. The van der Waals surface area contributed by atoms with Gasteiger partial charge in [-0.3, -0.25) is 4.79 Å². The van der Waals surface area contributed by atoms with E-state index in [1.54, 1.807) is 6.20 Å². The highest BCUT2D eigenvalue weighted by molar-refractivity contribution is 5.78. The summed E-state index contributed by atoms with van der Waals surface area (Å²) < 4.78 is 1.90. The summed E-state index contributed by atoms with van der Waals surface area (Å²) in [4.78, 5) is 12.3. The maximum Gasteiger partial charge on any atom is 0.223 e. The molecule has 0 atom stereocenters. The molecule has 1 fully saturated rings. The molecule has 0 radical (unpaired) electrons. The molecule has 1 aliphatic carbocycles. The van der Waals surface area contributed by atoms with E-state index in [9.17, 15) is 4.79 Å². The molecule has 122 valence electrons. The Morgan fingerprint density at radius 2 is 2.09 bits per heavy atom. The molecule has 1 aliphatic heterocycles. The standard InChI is InChI=1S/C16H22N6O/c1-2-3-8-16(19-20-16)9-10-17-15(23)13-4-6-14(7-5-13)22-12-11-18-21-22/h1,11-14H,3-10H2,(H,17,23). The Balaban J connectivity index is 1.36. The first kappa shape index (κ1) is 15.7. The van der Waals surface area contributed by atoms with E-state index in [-0.39, 0.29) is 17.5 Å². The number of aromatic nitrogens is 3. The van der Waals surface area contributed by atoms with Gasteiger partial charge >= 0.3 is 0 Å². The summed E-state index contributed by atoms with van der Waals surface area (Å²) in [6, 6.07) is 0.373. The highest BCUT2D eigenvalue weighted by Gasteiger charge is 2.38. The van der Waals surface area contributed by atoms with E-state index >= 15 is 0 Å². The Kier molecular flexibility index (Phi) is 4.70. The van der Waals surface area contributed by atoms with Crippen molar-refractivity contribution in [1.29, 1.82) is 0 Å². The van der Waals surface area contributed by atoms with Gasteiger partial charge in [0.15, 0.2) is 5.66 Å². The molecule has 1 N–H and O–H groups in total. The zero-order valence-corrected chi connectivity index (χ0v) is 13.2. The van der Waals surface area contributed by atoms with E-state index in [0.29, 0.717) is 19.0 Å². The molecule has 2 aliphatic rings. The Hall–Kier alpha value is -2.23. The van der Waals surface area contributed by atoms with Crippen LogP contribution in [-0.2, 0) is 4.79 Å². The van der Waals surface area contributed by atoms with Gasteiger partial charge in [0.25, 0.3) is 0 Å². The van der Waals surface area contributed by atoms with Crippen LogP contribution in [0.2, 0.25) is 0 Å². The van der Waals surface area contributed by atoms with Crippen LogP contribution in [0.3, 0.4) is 0 Å². The molecule has 0 spiro atoms. The van der Waals surface area contributed by atoms with Crippen molar-refractivity contribution in [3.63, 3.8) is 0 Å². The Morgan fingerprint density at radius 1 is 1.30 bits per heavy atom. The topological polar surface area (TPSA) is 84.5 Å². The van der Waals surface area contributed by atoms with Gasteiger partial charge in [0.05, 0.1) is 12.2 Å². The summed E-state index contributed by atoms with van der Waals surface area (Å²) in [6.07, 6.45) is 14.8. The third kappa shape index (κ3) is 3.95. The Labute approximate surface area is 135 Å². The number of hydrogen-bond acceptors (Lipinski definition) is 5. The minimum atomic E-state index is -0.315. The normalized spacial score (nSPS) is 24.8. The lowest BCUT2D eigenvalue weighted by Crippen LogP contribution is -2.35. The maximum absolute atomic E-state index is 12.3. The highest BCUT2D eigenvalue weighted by atomic mass is 16.1. The monoisotopic (exact) mass is 314 g/mol. The van der Waals surface area contributed by atoms with Crippen molar-refractivity contribution < 1.29 is 4.79 Å². The number of carbonyl (C=O) groups is 1. The zero-order valence-electron chi connectivity index (χ0n) is 13.2. The molecule has 3 rings (SSSR count). The van der Waals surface area contributed by atoms with Crippen LogP contribution < -0.4 is 5.32 Å². The average molecular weight is 314 g/mol. The van der Waals surface area contributed by atoms with Gasteiger partial charge in [-0.05, 0) is 25.7 Å². The maximum atomic E-state index is 12.3. The molecule has 0 bridgehead atoms. The van der Waals surface area contributed by atoms with E-state index in [2.05, 4.69) is 31.8 Å². The van der Waals surface area contributed by atoms with Crippen LogP contribution >= 0.6 is 0 Å². The van der Waals surface area contributed by atoms with Gasteiger partial charge in [0.2, 0.25) is 5.91 Å². The molecule has 23 heavy (non-hydrogen) atoms. The molecular formula is C16H22N6O. The quantitative estimate of drug-likeness (QED) is 0.782. The lowest BCUT2D eigenvalue weighted by molar-refractivity contribution is -0.126. The number of rotatable bonds is 7. The molecule has 1 aromatic rings. The second-order valence-corrected chi connectivity index (χ2v) is 6.32. The Morgan fingerprint density at radius 3 is 2.70 bits per heavy atom. The average Bonchev–Trinajstić information content (AvgIpc) is 3.13. The molecule has 0 saturated heterocycles. The van der Waals surface area contributed by atoms with Gasteiger partial charge in [-0.25, -0.2) is 4.68 Å². The van der Waals surface area contributed by atoms with Crippen molar-refractivity contribution in [3.05, 3.63) is 12.4 Å². The number of nitrogens with zero attached hydrogens (tertiary/aromatic N) is 5. The third-order valence-corrected chi connectivity index (χ3v) is 4.76. The first-order chi connectivity index (χ1) is 11.2. The SMILES string of the molecule is C#CCCC1(CCNC(=O)C2CCC(n3ccnn3)CC2)N=N1. The van der Waals surface area contributed by atoms with Crippen molar-refractivity contribution in [2.75, 3.05) is 6.54 Å². The summed E-state index contributed by atoms with van der Waals surface area (Å²) in [7, 11) is 0. The van der Waals surface area contributed by atoms with E-state index in [0.717, 1.165) is 38.5 Å². The predicted octanol–water partition coefficient (Wildman–Crippen LogP) is 2.09. The van der Waals surface area contributed by atoms with E-state index < -0.39 is 0 Å². The largest absolute Gasteiger partial charge is 0.356 e. The van der Waals surface area contributed by atoms with Crippen LogP contribution in [0.5, 0.6) is 0 Å². The van der Waals surface area contributed by atoms with Crippen LogP contribution in [0.4, 0.5) is 0 Å². The number of nitrogens with one attached hydrogen (secondary N) is 1. The number of carbonyl (C=O) groups excluding carboxylic acids is 1. The minimum Gasteiger partial charge on any atom is -0.356 e. The van der Waals surface area contributed by atoms with Gasteiger partial charge < -0.3 is 5.32 Å². The first-order valence-electron chi connectivity index (χ1n) is 8.23. The number of amides is 1. The van der Waals surface area contributed by atoms with Crippen LogP contribution in [0.25, 0.3) is 0 Å². The summed E-state index contributed by atoms with van der Waals surface area (Å²) in [5.41, 5.74) is -0.315. The smallest absolute Gasteiger partial charge is 0.223 e. The highest BCUT2D eigenvalue weighted by Crippen LogP contribution is 2.36. The van der Waals surface area contributed by atoms with E-state index in [1.807, 2.05) is 10.9 Å². The van der Waals surface area contributed by atoms with Crippen molar-refractivity contribution in [1.82, 2.24) is 20.3 Å². The van der Waals surface area contributed by atoms with Gasteiger partial charge in [0.1, 0.15) is 0 Å². The van der Waals surface area contributed by atoms with Crippen LogP contribution in [0, 0.1) is 18.3 Å². The lowest BCUT2D eigenvalue weighted by Gasteiger charge is -2.27. The summed E-state index contributed by atoms with van der Waals surface area (Å²) in [5.74, 6) is 2.86. The second-order valence-electron chi connectivity index (χ2n) is 6.32. The van der Waals surface area contributed by atoms with E-state index in [1.165, 1.54) is 0 Å². The predicted molar refractivity (Wildman–Crippen MR) is 84.3 cm³/mol. The molecule has 1 amide bonds. The molecule has 0 unspecified atom stereocenters. The van der Waals surface area contributed by atoms with Gasteiger partial charge in [-0.15, -0.1) is 17.4 Å². The molecule has 1 aromatic heterocycles. The number of hydrogen-bond donors (Lipinski definition) is 1. The van der Waals surface area contributed by atoms with E-state index in [4.69, 9.17) is 6.42 Å². The summed E-state index contributed by atoms with van der Waals surface area (Å²) in [5, 5.41) is 19.1. The fourth-order valence-electron chi connectivity index (χ4n) is 3.21. The fraction of sp³-hybridized carbons (Fsp3) is 0.688. The number of terminal acetylenes is 1. The second kappa shape index (κ2) is 6.90. The van der Waals surface area contributed by atoms with Gasteiger partial charge in [-0.1, -0.05) is 5.21 Å². The molecule has 0 aromatic carbocycles. The van der Waals surface area contributed by atoms with Crippen molar-refractivity contribution in [3.8, 4) is 12.3 Å². The molecule has 7 heteroatoms. The lowest BCUT2D eigenvalue weighted by atomic mass is 9.85. The molecule has 7 nitrogen and oxygen atoms in total. The molecule has 2 heterocycles. The van der Waals surface area contributed by atoms with Gasteiger partial charge in [-0.2, -0.15) is 10.2 Å². The van der Waals surface area contributed by atoms with Crippen molar-refractivity contribution in [2.24, 2.45) is 16.1 Å². The third-order valence-electron chi connectivity index (χ3n) is 4.76. The zero-order chi connectivity index (χ0) is 16.1. The van der Waals surface area contributed by atoms with Crippen molar-refractivity contribution >= 4 is 5.91 Å². The fourth-order valence-corrected chi connectivity index (χ4v) is 3.21. The summed E-state index contributed by atoms with van der Waals surface area (Å²) >= 11 is 0. The van der Waals surface area contributed by atoms with Crippen LogP contribution in [0.15, 0.2) is 22.6 Å². The van der Waals surface area contributed by atoms with Gasteiger partial charge in [0, 0.05) is 37.9 Å². The molecular weight excluding hydrogens is 292 g/mol. The Bertz CT molecular complexity index is 589. The first-order valence-corrected chi connectivity index (χ1v) is 8.23.